The molecule has 0 aliphatic carbocycles. The summed E-state index contributed by atoms with van der Waals surface area (Å²) in [7, 11) is 0. The quantitative estimate of drug-likeness (QED) is 0.463. The van der Waals surface area contributed by atoms with Gasteiger partial charge in [-0.2, -0.15) is 0 Å². The maximum atomic E-state index is 6.32. The fraction of sp³-hybridized carbons (Fsp3) is 0.500. The predicted molar refractivity (Wildman–Crippen MR) is 119 cm³/mol. The molecule has 0 N–H and O–H groups in total. The summed E-state index contributed by atoms with van der Waals surface area (Å²) in [6, 6.07) is 14.8. The standard InChI is InChI=1S/C24H30BrNO3/c1-2-3-7-11-26-12-10-20(18-8-5-4-6-9-18)19(15-26)16-27-22-14-24-23(13-21(22)25)28-17-29-24/h4-6,8-9,13-14,19-20H,2-3,7,10-12,15-17H2,1H3. The highest BCUT2D eigenvalue weighted by Gasteiger charge is 2.31. The third-order valence-electron chi connectivity index (χ3n) is 6.00. The van der Waals surface area contributed by atoms with Gasteiger partial charge in [-0.1, -0.05) is 50.1 Å². The van der Waals surface area contributed by atoms with Crippen molar-refractivity contribution in [2.75, 3.05) is 33.0 Å². The fourth-order valence-corrected chi connectivity index (χ4v) is 4.85. The van der Waals surface area contributed by atoms with E-state index in [2.05, 4.69) is 58.1 Å². The lowest BCUT2D eigenvalue weighted by Crippen LogP contribution is -2.42. The van der Waals surface area contributed by atoms with Crippen molar-refractivity contribution in [1.29, 1.82) is 0 Å². The van der Waals surface area contributed by atoms with Crippen LogP contribution in [0, 0.1) is 5.92 Å². The highest BCUT2D eigenvalue weighted by molar-refractivity contribution is 9.10. The summed E-state index contributed by atoms with van der Waals surface area (Å²) in [6.45, 7) is 6.69. The Morgan fingerprint density at radius 1 is 1.10 bits per heavy atom. The van der Waals surface area contributed by atoms with E-state index in [1.54, 1.807) is 0 Å². The van der Waals surface area contributed by atoms with Gasteiger partial charge in [-0.05, 0) is 53.3 Å². The van der Waals surface area contributed by atoms with E-state index in [9.17, 15) is 0 Å². The van der Waals surface area contributed by atoms with Gasteiger partial charge in [0.05, 0.1) is 11.1 Å². The van der Waals surface area contributed by atoms with Gasteiger partial charge in [0.1, 0.15) is 5.75 Å². The number of nitrogens with zero attached hydrogens (tertiary/aromatic N) is 1. The Balaban J connectivity index is 1.46. The molecule has 0 spiro atoms. The van der Waals surface area contributed by atoms with E-state index in [0.717, 1.165) is 28.3 Å². The maximum absolute atomic E-state index is 6.32. The van der Waals surface area contributed by atoms with Crippen molar-refractivity contribution >= 4 is 15.9 Å². The molecule has 2 aliphatic rings. The molecular formula is C24H30BrNO3. The first-order chi connectivity index (χ1) is 14.2. The zero-order chi connectivity index (χ0) is 20.1. The van der Waals surface area contributed by atoms with Gasteiger partial charge in [-0.15, -0.1) is 0 Å². The zero-order valence-electron chi connectivity index (χ0n) is 17.1. The molecule has 29 heavy (non-hydrogen) atoms. The molecule has 2 atom stereocenters. The van der Waals surface area contributed by atoms with Crippen LogP contribution in [0.25, 0.3) is 0 Å². The molecule has 156 valence electrons. The van der Waals surface area contributed by atoms with E-state index in [4.69, 9.17) is 14.2 Å². The summed E-state index contributed by atoms with van der Waals surface area (Å²) in [5.74, 6) is 3.35. The SMILES string of the molecule is CCCCCN1CCC(c2ccccc2)C(COc2cc3c(cc2Br)OCO3)C1. The molecule has 4 rings (SSSR count). The van der Waals surface area contributed by atoms with Crippen molar-refractivity contribution < 1.29 is 14.2 Å². The smallest absolute Gasteiger partial charge is 0.231 e. The van der Waals surface area contributed by atoms with Gasteiger partial charge >= 0.3 is 0 Å². The molecule has 2 heterocycles. The monoisotopic (exact) mass is 459 g/mol. The lowest BCUT2D eigenvalue weighted by atomic mass is 9.81. The van der Waals surface area contributed by atoms with Crippen LogP contribution in [0.3, 0.4) is 0 Å². The highest BCUT2D eigenvalue weighted by atomic mass is 79.9. The van der Waals surface area contributed by atoms with Gasteiger partial charge < -0.3 is 19.1 Å². The van der Waals surface area contributed by atoms with E-state index < -0.39 is 0 Å². The molecule has 1 saturated heterocycles. The minimum atomic E-state index is 0.274. The molecule has 2 aromatic carbocycles. The minimum absolute atomic E-state index is 0.274. The van der Waals surface area contributed by atoms with E-state index in [-0.39, 0.29) is 6.79 Å². The minimum Gasteiger partial charge on any atom is -0.492 e. The number of fused-ring (bicyclic) bond motifs is 1. The van der Waals surface area contributed by atoms with Crippen LogP contribution in [0.1, 0.15) is 44.1 Å². The number of rotatable bonds is 8. The van der Waals surface area contributed by atoms with Gasteiger partial charge in [0.15, 0.2) is 11.5 Å². The van der Waals surface area contributed by atoms with Crippen molar-refractivity contribution in [1.82, 2.24) is 4.90 Å². The summed E-state index contributed by atoms with van der Waals surface area (Å²) in [6.07, 6.45) is 5.05. The number of piperidine rings is 1. The first kappa shape index (κ1) is 20.5. The molecule has 2 aliphatic heterocycles. The fourth-order valence-electron chi connectivity index (χ4n) is 4.41. The Hall–Kier alpha value is -1.72. The molecule has 2 unspecified atom stereocenters. The summed E-state index contributed by atoms with van der Waals surface area (Å²) >= 11 is 3.62. The molecule has 2 aromatic rings. The van der Waals surface area contributed by atoms with Crippen LogP contribution in [-0.2, 0) is 0 Å². The first-order valence-electron chi connectivity index (χ1n) is 10.7. The molecule has 1 fully saturated rings. The Morgan fingerprint density at radius 3 is 2.69 bits per heavy atom. The maximum Gasteiger partial charge on any atom is 0.231 e. The predicted octanol–water partition coefficient (Wildman–Crippen LogP) is 5.85. The second-order valence-corrected chi connectivity index (χ2v) is 8.87. The normalized spacial score (nSPS) is 21.3. The Labute approximate surface area is 182 Å². The Bertz CT molecular complexity index is 798. The largest absolute Gasteiger partial charge is 0.492 e. The van der Waals surface area contributed by atoms with Crippen molar-refractivity contribution in [3.8, 4) is 17.2 Å². The van der Waals surface area contributed by atoms with Crippen molar-refractivity contribution in [3.05, 3.63) is 52.5 Å². The highest BCUT2D eigenvalue weighted by Crippen LogP contribution is 2.41. The van der Waals surface area contributed by atoms with Gasteiger partial charge in [0, 0.05) is 24.6 Å². The zero-order valence-corrected chi connectivity index (χ0v) is 18.7. The second-order valence-electron chi connectivity index (χ2n) is 8.02. The Morgan fingerprint density at radius 2 is 1.90 bits per heavy atom. The van der Waals surface area contributed by atoms with Crippen LogP contribution in [0.4, 0.5) is 0 Å². The average Bonchev–Trinajstić information content (AvgIpc) is 3.20. The summed E-state index contributed by atoms with van der Waals surface area (Å²) in [5, 5.41) is 0. The summed E-state index contributed by atoms with van der Waals surface area (Å²) < 4.78 is 18.2. The molecule has 4 nitrogen and oxygen atoms in total. The van der Waals surface area contributed by atoms with Crippen molar-refractivity contribution in [2.24, 2.45) is 5.92 Å². The Kier molecular flexibility index (Phi) is 6.98. The molecule has 0 amide bonds. The lowest BCUT2D eigenvalue weighted by molar-refractivity contribution is 0.109. The van der Waals surface area contributed by atoms with E-state index in [0.29, 0.717) is 18.4 Å². The molecule has 0 bridgehead atoms. The van der Waals surface area contributed by atoms with Crippen LogP contribution in [0.5, 0.6) is 17.2 Å². The van der Waals surface area contributed by atoms with Gasteiger partial charge in [-0.3, -0.25) is 0 Å². The number of benzene rings is 2. The molecule has 0 aromatic heterocycles. The number of halogens is 1. The first-order valence-corrected chi connectivity index (χ1v) is 11.5. The van der Waals surface area contributed by atoms with Crippen LogP contribution in [-0.4, -0.2) is 37.9 Å². The van der Waals surface area contributed by atoms with Gasteiger partial charge in [0.2, 0.25) is 6.79 Å². The molecule has 5 heteroatoms. The lowest BCUT2D eigenvalue weighted by Gasteiger charge is -2.39. The van der Waals surface area contributed by atoms with Crippen molar-refractivity contribution in [2.45, 2.75) is 38.5 Å². The van der Waals surface area contributed by atoms with Crippen LogP contribution >= 0.6 is 15.9 Å². The molecule has 0 radical (unpaired) electrons. The molecular weight excluding hydrogens is 430 g/mol. The third kappa shape index (κ3) is 5.07. The van der Waals surface area contributed by atoms with Crippen molar-refractivity contribution in [3.63, 3.8) is 0 Å². The number of likely N-dealkylation sites (tertiary alicyclic amines) is 1. The number of unbranched alkanes of at least 4 members (excludes halogenated alkanes) is 2. The van der Waals surface area contributed by atoms with Gasteiger partial charge in [-0.25, -0.2) is 0 Å². The average molecular weight is 460 g/mol. The van der Waals surface area contributed by atoms with E-state index >= 15 is 0 Å². The second kappa shape index (κ2) is 9.86. The van der Waals surface area contributed by atoms with E-state index in [1.807, 2.05) is 12.1 Å². The number of hydrogen-bond acceptors (Lipinski definition) is 4. The van der Waals surface area contributed by atoms with Crippen LogP contribution in [0.2, 0.25) is 0 Å². The number of hydrogen-bond donors (Lipinski definition) is 0. The molecule has 0 saturated carbocycles. The van der Waals surface area contributed by atoms with Crippen LogP contribution < -0.4 is 14.2 Å². The van der Waals surface area contributed by atoms with E-state index in [1.165, 1.54) is 44.3 Å². The summed E-state index contributed by atoms with van der Waals surface area (Å²) in [5.41, 5.74) is 1.43. The number of ether oxygens (including phenoxy) is 3. The topological polar surface area (TPSA) is 30.9 Å². The summed E-state index contributed by atoms with van der Waals surface area (Å²) in [4.78, 5) is 2.62. The van der Waals surface area contributed by atoms with Crippen LogP contribution in [0.15, 0.2) is 46.9 Å². The third-order valence-corrected chi connectivity index (χ3v) is 6.62. The van der Waals surface area contributed by atoms with Gasteiger partial charge in [0.25, 0.3) is 0 Å².